The van der Waals surface area contributed by atoms with Crippen molar-refractivity contribution in [1.82, 2.24) is 20.0 Å². The number of ether oxygens (including phenoxy) is 1. The van der Waals surface area contributed by atoms with E-state index in [9.17, 15) is 4.39 Å². The van der Waals surface area contributed by atoms with Gasteiger partial charge in [-0.1, -0.05) is 17.7 Å². The minimum absolute atomic E-state index is 0.294. The van der Waals surface area contributed by atoms with Crippen molar-refractivity contribution in [2.45, 2.75) is 38.9 Å². The molecule has 0 saturated carbocycles. The van der Waals surface area contributed by atoms with E-state index in [1.807, 2.05) is 14.0 Å². The molecule has 1 saturated heterocycles. The average Bonchev–Trinajstić information content (AvgIpc) is 2.88. The third kappa shape index (κ3) is 4.37. The Bertz CT molecular complexity index is 764. The number of likely N-dealkylation sites (tertiary alicyclic amines) is 1. The van der Waals surface area contributed by atoms with E-state index in [0.717, 1.165) is 61.7 Å². The molecule has 1 aromatic carbocycles. The molecule has 1 unspecified atom stereocenters. The standard InChI is InChI=1S/C19H26ClFN4O/c1-13-17(19(26-3)24(2)23-13)10-22-16-5-4-8-25(12-16)11-14-6-7-15(21)9-18(14)20/h6-7,9,16,22H,4-5,8,10-12H2,1-3H3. The number of nitrogens with zero attached hydrogens (tertiary/aromatic N) is 3. The van der Waals surface area contributed by atoms with Gasteiger partial charge in [-0.15, -0.1) is 0 Å². The van der Waals surface area contributed by atoms with E-state index in [1.165, 1.54) is 12.1 Å². The molecule has 1 fully saturated rings. The van der Waals surface area contributed by atoms with Crippen LogP contribution in [0.2, 0.25) is 5.02 Å². The lowest BCUT2D eigenvalue weighted by molar-refractivity contribution is 0.182. The van der Waals surface area contributed by atoms with Crippen molar-refractivity contribution in [1.29, 1.82) is 0 Å². The van der Waals surface area contributed by atoms with E-state index >= 15 is 0 Å². The summed E-state index contributed by atoms with van der Waals surface area (Å²) in [7, 11) is 3.57. The first-order valence-electron chi connectivity index (χ1n) is 8.94. The SMILES string of the molecule is COc1c(CNC2CCCN(Cc3ccc(F)cc3Cl)C2)c(C)nn1C. The van der Waals surface area contributed by atoms with Crippen molar-refractivity contribution in [2.24, 2.45) is 7.05 Å². The number of nitrogens with one attached hydrogen (secondary N) is 1. The van der Waals surface area contributed by atoms with Gasteiger partial charge in [0.1, 0.15) is 5.82 Å². The zero-order chi connectivity index (χ0) is 18.7. The van der Waals surface area contributed by atoms with Gasteiger partial charge in [-0.2, -0.15) is 5.10 Å². The number of hydrogen-bond donors (Lipinski definition) is 1. The van der Waals surface area contributed by atoms with Crippen LogP contribution in [0.3, 0.4) is 0 Å². The predicted octanol–water partition coefficient (Wildman–Crippen LogP) is 3.28. The van der Waals surface area contributed by atoms with Crippen molar-refractivity contribution < 1.29 is 9.13 Å². The van der Waals surface area contributed by atoms with Gasteiger partial charge in [-0.3, -0.25) is 4.90 Å². The maximum absolute atomic E-state index is 13.2. The maximum atomic E-state index is 13.2. The number of aryl methyl sites for hydroxylation is 2. The fourth-order valence-corrected chi connectivity index (χ4v) is 3.87. The summed E-state index contributed by atoms with van der Waals surface area (Å²) in [4.78, 5) is 2.37. The van der Waals surface area contributed by atoms with Crippen LogP contribution in [0.15, 0.2) is 18.2 Å². The Kier molecular flexibility index (Phi) is 6.16. The Morgan fingerprint density at radius 1 is 1.42 bits per heavy atom. The Hall–Kier alpha value is -1.63. The molecular weight excluding hydrogens is 355 g/mol. The van der Waals surface area contributed by atoms with Crippen LogP contribution in [-0.2, 0) is 20.1 Å². The molecule has 1 aliphatic heterocycles. The molecule has 0 aliphatic carbocycles. The fraction of sp³-hybridized carbons (Fsp3) is 0.526. The first-order chi connectivity index (χ1) is 12.5. The molecule has 0 radical (unpaired) electrons. The molecule has 0 amide bonds. The van der Waals surface area contributed by atoms with E-state index in [1.54, 1.807) is 17.9 Å². The van der Waals surface area contributed by atoms with Crippen molar-refractivity contribution >= 4 is 11.6 Å². The van der Waals surface area contributed by atoms with E-state index in [2.05, 4.69) is 15.3 Å². The second-order valence-electron chi connectivity index (χ2n) is 6.89. The topological polar surface area (TPSA) is 42.3 Å². The summed E-state index contributed by atoms with van der Waals surface area (Å²) in [5.41, 5.74) is 3.06. The lowest BCUT2D eigenvalue weighted by atomic mass is 10.0. The van der Waals surface area contributed by atoms with Crippen LogP contribution < -0.4 is 10.1 Å². The first kappa shape index (κ1) is 19.1. The van der Waals surface area contributed by atoms with Crippen LogP contribution in [0, 0.1) is 12.7 Å². The zero-order valence-electron chi connectivity index (χ0n) is 15.6. The highest BCUT2D eigenvalue weighted by Crippen LogP contribution is 2.23. The summed E-state index contributed by atoms with van der Waals surface area (Å²) < 4.78 is 20.5. The van der Waals surface area contributed by atoms with Crippen molar-refractivity contribution in [3.05, 3.63) is 45.9 Å². The van der Waals surface area contributed by atoms with Gasteiger partial charge in [0.05, 0.1) is 18.4 Å². The van der Waals surface area contributed by atoms with Crippen LogP contribution in [0.25, 0.3) is 0 Å². The number of halogens is 2. The molecule has 2 heterocycles. The van der Waals surface area contributed by atoms with Gasteiger partial charge >= 0.3 is 0 Å². The summed E-state index contributed by atoms with van der Waals surface area (Å²) in [6.45, 7) is 5.45. The highest BCUT2D eigenvalue weighted by atomic mass is 35.5. The van der Waals surface area contributed by atoms with Crippen LogP contribution in [0.4, 0.5) is 4.39 Å². The summed E-state index contributed by atoms with van der Waals surface area (Å²) in [5.74, 6) is 0.512. The zero-order valence-corrected chi connectivity index (χ0v) is 16.3. The quantitative estimate of drug-likeness (QED) is 0.835. The summed E-state index contributed by atoms with van der Waals surface area (Å²) in [6.07, 6.45) is 2.26. The second-order valence-corrected chi connectivity index (χ2v) is 7.29. The van der Waals surface area contributed by atoms with Crippen molar-refractivity contribution in [2.75, 3.05) is 20.2 Å². The van der Waals surface area contributed by atoms with Gasteiger partial charge in [-0.25, -0.2) is 9.07 Å². The van der Waals surface area contributed by atoms with E-state index in [4.69, 9.17) is 16.3 Å². The largest absolute Gasteiger partial charge is 0.481 e. The second kappa shape index (κ2) is 8.37. The van der Waals surface area contributed by atoms with Gasteiger partial charge < -0.3 is 10.1 Å². The van der Waals surface area contributed by atoms with Gasteiger partial charge in [0.15, 0.2) is 0 Å². The van der Waals surface area contributed by atoms with E-state index in [0.29, 0.717) is 11.1 Å². The minimum Gasteiger partial charge on any atom is -0.481 e. The third-order valence-corrected chi connectivity index (χ3v) is 5.32. The number of methoxy groups -OCH3 is 1. The lowest BCUT2D eigenvalue weighted by Gasteiger charge is -2.33. The van der Waals surface area contributed by atoms with Crippen LogP contribution in [0.5, 0.6) is 5.88 Å². The number of rotatable bonds is 6. The number of piperidine rings is 1. The van der Waals surface area contributed by atoms with Gasteiger partial charge in [0.25, 0.3) is 0 Å². The molecule has 0 spiro atoms. The monoisotopic (exact) mass is 380 g/mol. The summed E-state index contributed by atoms with van der Waals surface area (Å²) in [5, 5.41) is 8.56. The summed E-state index contributed by atoms with van der Waals surface area (Å²) in [6, 6.07) is 5.03. The predicted molar refractivity (Wildman–Crippen MR) is 101 cm³/mol. The molecule has 5 nitrogen and oxygen atoms in total. The molecule has 1 N–H and O–H groups in total. The molecule has 2 aromatic rings. The number of hydrogen-bond acceptors (Lipinski definition) is 4. The molecule has 1 aromatic heterocycles. The summed E-state index contributed by atoms with van der Waals surface area (Å²) >= 11 is 6.17. The first-order valence-corrected chi connectivity index (χ1v) is 9.32. The number of benzene rings is 1. The maximum Gasteiger partial charge on any atom is 0.216 e. The minimum atomic E-state index is -0.294. The van der Waals surface area contributed by atoms with E-state index in [-0.39, 0.29) is 5.82 Å². The smallest absolute Gasteiger partial charge is 0.216 e. The van der Waals surface area contributed by atoms with Crippen molar-refractivity contribution in [3.63, 3.8) is 0 Å². The fourth-order valence-electron chi connectivity index (χ4n) is 3.64. The number of aromatic nitrogens is 2. The Labute approximate surface area is 159 Å². The third-order valence-electron chi connectivity index (χ3n) is 4.96. The van der Waals surface area contributed by atoms with Gasteiger partial charge in [0.2, 0.25) is 5.88 Å². The Balaban J connectivity index is 1.59. The molecule has 142 valence electrons. The molecule has 1 aliphatic rings. The lowest BCUT2D eigenvalue weighted by Crippen LogP contribution is -2.45. The van der Waals surface area contributed by atoms with Gasteiger partial charge in [-0.05, 0) is 44.0 Å². The van der Waals surface area contributed by atoms with Crippen LogP contribution in [0.1, 0.15) is 29.7 Å². The van der Waals surface area contributed by atoms with Crippen LogP contribution >= 0.6 is 11.6 Å². The highest BCUT2D eigenvalue weighted by molar-refractivity contribution is 6.31. The molecule has 1 atom stereocenters. The van der Waals surface area contributed by atoms with Crippen LogP contribution in [-0.4, -0.2) is 40.9 Å². The molecule has 26 heavy (non-hydrogen) atoms. The Morgan fingerprint density at radius 3 is 2.96 bits per heavy atom. The van der Waals surface area contributed by atoms with E-state index < -0.39 is 0 Å². The molecule has 3 rings (SSSR count). The molecular formula is C19H26ClFN4O. The highest BCUT2D eigenvalue weighted by Gasteiger charge is 2.22. The molecule has 7 heteroatoms. The van der Waals surface area contributed by atoms with Gasteiger partial charge in [0, 0.05) is 37.7 Å². The normalized spacial score (nSPS) is 18.3. The van der Waals surface area contributed by atoms with Crippen molar-refractivity contribution in [3.8, 4) is 5.88 Å². The molecule has 0 bridgehead atoms. The average molecular weight is 381 g/mol. The Morgan fingerprint density at radius 2 is 2.23 bits per heavy atom.